The van der Waals surface area contributed by atoms with Crippen LogP contribution >= 0.6 is 15.9 Å². The summed E-state index contributed by atoms with van der Waals surface area (Å²) in [5.41, 5.74) is 0.947. The van der Waals surface area contributed by atoms with Crippen LogP contribution in [0, 0.1) is 5.92 Å². The Kier molecular flexibility index (Phi) is 5.76. The molecule has 0 spiro atoms. The first-order valence-corrected chi connectivity index (χ1v) is 7.60. The van der Waals surface area contributed by atoms with Crippen molar-refractivity contribution in [2.45, 2.75) is 18.9 Å². The normalized spacial score (nSPS) is 19.0. The molecule has 6 heteroatoms. The summed E-state index contributed by atoms with van der Waals surface area (Å²) in [5, 5.41) is 2.77. The highest BCUT2D eigenvalue weighted by molar-refractivity contribution is 9.10. The topological polar surface area (TPSA) is 64.6 Å². The van der Waals surface area contributed by atoms with E-state index >= 15 is 0 Å². The molecule has 114 valence electrons. The standard InChI is InChI=1S/C15H18BrNO4/c1-20-15(19)13(8-10-3-2-4-12(16)7-10)17-14(18)11-5-6-21-9-11/h2-4,7,11,13H,5-6,8-9H2,1H3,(H,17,18)/t11-,13-/m0/s1. The van der Waals surface area contributed by atoms with Gasteiger partial charge in [-0.3, -0.25) is 4.79 Å². The van der Waals surface area contributed by atoms with Crippen molar-refractivity contribution in [1.29, 1.82) is 0 Å². The zero-order valence-corrected chi connectivity index (χ0v) is 13.4. The Labute approximate surface area is 132 Å². The number of carbonyl (C=O) groups excluding carboxylic acids is 2. The van der Waals surface area contributed by atoms with Gasteiger partial charge in [-0.25, -0.2) is 4.79 Å². The fraction of sp³-hybridized carbons (Fsp3) is 0.467. The number of halogens is 1. The quantitative estimate of drug-likeness (QED) is 0.816. The number of hydrogen-bond donors (Lipinski definition) is 1. The van der Waals surface area contributed by atoms with Crippen molar-refractivity contribution in [2.75, 3.05) is 20.3 Å². The maximum absolute atomic E-state index is 12.1. The minimum atomic E-state index is -0.683. The van der Waals surface area contributed by atoms with E-state index in [0.717, 1.165) is 10.0 Å². The van der Waals surface area contributed by atoms with E-state index in [-0.39, 0.29) is 11.8 Å². The van der Waals surface area contributed by atoms with Gasteiger partial charge in [-0.15, -0.1) is 0 Å². The molecule has 0 bridgehead atoms. The molecule has 0 aliphatic carbocycles. The molecule has 0 unspecified atom stereocenters. The molecule has 2 atom stereocenters. The number of ether oxygens (including phenoxy) is 2. The molecule has 1 aromatic rings. The number of methoxy groups -OCH3 is 1. The third kappa shape index (κ3) is 4.54. The largest absolute Gasteiger partial charge is 0.467 e. The van der Waals surface area contributed by atoms with Gasteiger partial charge in [-0.2, -0.15) is 0 Å². The van der Waals surface area contributed by atoms with Crippen LogP contribution in [0.2, 0.25) is 0 Å². The van der Waals surface area contributed by atoms with Crippen LogP contribution in [0.15, 0.2) is 28.7 Å². The van der Waals surface area contributed by atoms with E-state index in [1.807, 2.05) is 24.3 Å². The average molecular weight is 356 g/mol. The van der Waals surface area contributed by atoms with Crippen molar-refractivity contribution >= 4 is 27.8 Å². The van der Waals surface area contributed by atoms with Crippen LogP contribution in [0.5, 0.6) is 0 Å². The van der Waals surface area contributed by atoms with Gasteiger partial charge in [0.1, 0.15) is 6.04 Å². The summed E-state index contributed by atoms with van der Waals surface area (Å²) in [6, 6.07) is 6.94. The maximum atomic E-state index is 12.1. The first-order chi connectivity index (χ1) is 10.1. The summed E-state index contributed by atoms with van der Waals surface area (Å²) in [6.45, 7) is 1.00. The van der Waals surface area contributed by atoms with Gasteiger partial charge in [0.15, 0.2) is 0 Å². The van der Waals surface area contributed by atoms with Gasteiger partial charge in [0.25, 0.3) is 0 Å². The van der Waals surface area contributed by atoms with Crippen molar-refractivity contribution < 1.29 is 19.1 Å². The number of amides is 1. The number of esters is 1. The molecule has 1 amide bonds. The molecular weight excluding hydrogens is 338 g/mol. The molecule has 0 radical (unpaired) electrons. The van der Waals surface area contributed by atoms with Crippen LogP contribution in [0.1, 0.15) is 12.0 Å². The first-order valence-electron chi connectivity index (χ1n) is 6.80. The SMILES string of the molecule is COC(=O)[C@H](Cc1cccc(Br)c1)NC(=O)[C@H]1CCOC1. The molecule has 1 aromatic carbocycles. The molecule has 21 heavy (non-hydrogen) atoms. The predicted octanol–water partition coefficient (Wildman–Crippen LogP) is 1.69. The second-order valence-electron chi connectivity index (χ2n) is 4.98. The second kappa shape index (κ2) is 7.56. The van der Waals surface area contributed by atoms with Gasteiger partial charge in [-0.1, -0.05) is 28.1 Å². The monoisotopic (exact) mass is 355 g/mol. The molecule has 1 saturated heterocycles. The Hall–Kier alpha value is -1.40. The average Bonchev–Trinajstić information content (AvgIpc) is 3.00. The van der Waals surface area contributed by atoms with E-state index in [1.165, 1.54) is 7.11 Å². The minimum Gasteiger partial charge on any atom is -0.467 e. The lowest BCUT2D eigenvalue weighted by Gasteiger charge is -2.18. The van der Waals surface area contributed by atoms with Crippen LogP contribution in [0.4, 0.5) is 0 Å². The van der Waals surface area contributed by atoms with E-state index < -0.39 is 12.0 Å². The predicted molar refractivity (Wildman–Crippen MR) is 80.7 cm³/mol. The van der Waals surface area contributed by atoms with Gasteiger partial charge in [0.2, 0.25) is 5.91 Å². The number of rotatable bonds is 5. The number of benzene rings is 1. The second-order valence-corrected chi connectivity index (χ2v) is 5.89. The highest BCUT2D eigenvalue weighted by atomic mass is 79.9. The summed E-state index contributed by atoms with van der Waals surface area (Å²) >= 11 is 3.39. The van der Waals surface area contributed by atoms with Crippen molar-refractivity contribution in [1.82, 2.24) is 5.32 Å². The Bertz CT molecular complexity index is 514. The lowest BCUT2D eigenvalue weighted by molar-refractivity contribution is -0.145. The molecule has 1 aliphatic rings. The molecule has 5 nitrogen and oxygen atoms in total. The molecule has 0 aromatic heterocycles. The van der Waals surface area contributed by atoms with E-state index in [1.54, 1.807) is 0 Å². The highest BCUT2D eigenvalue weighted by Crippen LogP contribution is 2.15. The fourth-order valence-electron chi connectivity index (χ4n) is 2.27. The van der Waals surface area contributed by atoms with E-state index in [4.69, 9.17) is 9.47 Å². The summed E-state index contributed by atoms with van der Waals surface area (Å²) in [5.74, 6) is -0.778. The van der Waals surface area contributed by atoms with E-state index in [0.29, 0.717) is 26.1 Å². The van der Waals surface area contributed by atoms with Crippen molar-refractivity contribution in [3.8, 4) is 0 Å². The van der Waals surface area contributed by atoms with Crippen LogP contribution in [0.25, 0.3) is 0 Å². The summed E-state index contributed by atoms with van der Waals surface area (Å²) < 4.78 is 10.9. The van der Waals surface area contributed by atoms with Gasteiger partial charge < -0.3 is 14.8 Å². The van der Waals surface area contributed by atoms with Crippen LogP contribution in [-0.4, -0.2) is 38.2 Å². The zero-order chi connectivity index (χ0) is 15.2. The maximum Gasteiger partial charge on any atom is 0.328 e. The lowest BCUT2D eigenvalue weighted by Crippen LogP contribution is -2.45. The van der Waals surface area contributed by atoms with Gasteiger partial charge >= 0.3 is 5.97 Å². The Balaban J connectivity index is 2.03. The van der Waals surface area contributed by atoms with Crippen LogP contribution in [-0.2, 0) is 25.5 Å². The smallest absolute Gasteiger partial charge is 0.328 e. The molecule has 1 aliphatic heterocycles. The number of hydrogen-bond acceptors (Lipinski definition) is 4. The fourth-order valence-corrected chi connectivity index (χ4v) is 2.71. The van der Waals surface area contributed by atoms with E-state index in [9.17, 15) is 9.59 Å². The minimum absolute atomic E-state index is 0.155. The van der Waals surface area contributed by atoms with E-state index in [2.05, 4.69) is 21.2 Å². The molecular formula is C15H18BrNO4. The molecule has 0 saturated carbocycles. The summed E-state index contributed by atoms with van der Waals surface area (Å²) in [7, 11) is 1.32. The van der Waals surface area contributed by atoms with Gasteiger partial charge in [0, 0.05) is 17.5 Å². The summed E-state index contributed by atoms with van der Waals surface area (Å²) in [6.07, 6.45) is 1.09. The zero-order valence-electron chi connectivity index (χ0n) is 11.8. The van der Waals surface area contributed by atoms with Crippen molar-refractivity contribution in [2.24, 2.45) is 5.92 Å². The van der Waals surface area contributed by atoms with Gasteiger partial charge in [0.05, 0.1) is 19.6 Å². The Morgan fingerprint density at radius 3 is 2.95 bits per heavy atom. The van der Waals surface area contributed by atoms with Crippen molar-refractivity contribution in [3.63, 3.8) is 0 Å². The van der Waals surface area contributed by atoms with Crippen molar-refractivity contribution in [3.05, 3.63) is 34.3 Å². The summed E-state index contributed by atoms with van der Waals surface area (Å²) in [4.78, 5) is 24.0. The van der Waals surface area contributed by atoms with Crippen LogP contribution < -0.4 is 5.32 Å². The van der Waals surface area contributed by atoms with Crippen LogP contribution in [0.3, 0.4) is 0 Å². The lowest BCUT2D eigenvalue weighted by atomic mass is 10.0. The molecule has 1 heterocycles. The molecule has 1 N–H and O–H groups in total. The van der Waals surface area contributed by atoms with Gasteiger partial charge in [-0.05, 0) is 24.1 Å². The number of carbonyl (C=O) groups is 2. The Morgan fingerprint density at radius 2 is 2.33 bits per heavy atom. The Morgan fingerprint density at radius 1 is 1.52 bits per heavy atom. The first kappa shape index (κ1) is 16.0. The third-order valence-corrected chi connectivity index (χ3v) is 3.92. The highest BCUT2D eigenvalue weighted by Gasteiger charge is 2.28. The third-order valence-electron chi connectivity index (χ3n) is 3.43. The molecule has 2 rings (SSSR count). The number of nitrogens with one attached hydrogen (secondary N) is 1. The molecule has 1 fully saturated rings.